The number of cyclic esters (lactones) is 1. The molecule has 1 aromatic carbocycles. The van der Waals surface area contributed by atoms with Crippen molar-refractivity contribution in [2.75, 3.05) is 6.54 Å². The van der Waals surface area contributed by atoms with Crippen molar-refractivity contribution in [2.24, 2.45) is 0 Å². The zero-order chi connectivity index (χ0) is 11.9. The van der Waals surface area contributed by atoms with Crippen LogP contribution in [0.4, 0.5) is 4.79 Å². The normalized spacial score (nSPS) is 32.2. The van der Waals surface area contributed by atoms with Gasteiger partial charge in [0.1, 0.15) is 0 Å². The fourth-order valence-corrected chi connectivity index (χ4v) is 3.06. The second-order valence-electron chi connectivity index (χ2n) is 5.14. The molecule has 0 N–H and O–H groups in total. The molecule has 1 aromatic rings. The molecule has 0 aliphatic carbocycles. The average Bonchev–Trinajstić information content (AvgIpc) is 2.63. The minimum Gasteiger partial charge on any atom is -0.439 e. The van der Waals surface area contributed by atoms with Crippen LogP contribution >= 0.6 is 0 Å². The predicted octanol–water partition coefficient (Wildman–Crippen LogP) is 3.12. The highest BCUT2D eigenvalue weighted by molar-refractivity contribution is 5.72. The van der Waals surface area contributed by atoms with Gasteiger partial charge in [0.25, 0.3) is 0 Å². The Morgan fingerprint density at radius 3 is 2.82 bits per heavy atom. The van der Waals surface area contributed by atoms with E-state index in [1.165, 1.54) is 6.42 Å². The molecular weight excluding hydrogens is 214 g/mol. The highest BCUT2D eigenvalue weighted by Gasteiger charge is 2.52. The van der Waals surface area contributed by atoms with E-state index >= 15 is 0 Å². The average molecular weight is 231 g/mol. The molecule has 0 aromatic heterocycles. The fraction of sp³-hybridized carbons (Fsp3) is 0.500. The first-order valence-electron chi connectivity index (χ1n) is 6.25. The summed E-state index contributed by atoms with van der Waals surface area (Å²) in [5, 5.41) is 0. The Bertz CT molecular complexity index is 431. The SMILES string of the molecule is C[C@@]12CCCCN1C(=O)O[C@@H]2c1ccccc1. The summed E-state index contributed by atoms with van der Waals surface area (Å²) in [5.74, 6) is 0. The first-order valence-corrected chi connectivity index (χ1v) is 6.25. The van der Waals surface area contributed by atoms with Crippen molar-refractivity contribution in [2.45, 2.75) is 37.8 Å². The Morgan fingerprint density at radius 2 is 2.06 bits per heavy atom. The molecule has 0 saturated carbocycles. The van der Waals surface area contributed by atoms with Crippen LogP contribution in [0.15, 0.2) is 30.3 Å². The van der Waals surface area contributed by atoms with Gasteiger partial charge in [-0.1, -0.05) is 30.3 Å². The monoisotopic (exact) mass is 231 g/mol. The smallest absolute Gasteiger partial charge is 0.411 e. The van der Waals surface area contributed by atoms with Crippen LogP contribution in [0.5, 0.6) is 0 Å². The number of fused-ring (bicyclic) bond motifs is 1. The van der Waals surface area contributed by atoms with Crippen LogP contribution in [0.3, 0.4) is 0 Å². The molecule has 2 fully saturated rings. The van der Waals surface area contributed by atoms with E-state index in [0.717, 1.165) is 24.9 Å². The maximum Gasteiger partial charge on any atom is 0.411 e. The summed E-state index contributed by atoms with van der Waals surface area (Å²) in [6.07, 6.45) is 3.02. The molecule has 90 valence electrons. The fourth-order valence-electron chi connectivity index (χ4n) is 3.06. The van der Waals surface area contributed by atoms with Gasteiger partial charge in [-0.3, -0.25) is 4.90 Å². The van der Waals surface area contributed by atoms with Gasteiger partial charge in [0.05, 0.1) is 5.54 Å². The van der Waals surface area contributed by atoms with E-state index in [9.17, 15) is 4.79 Å². The van der Waals surface area contributed by atoms with Crippen LogP contribution < -0.4 is 0 Å². The molecule has 3 heteroatoms. The third kappa shape index (κ3) is 1.53. The van der Waals surface area contributed by atoms with Crippen LogP contribution in [0.2, 0.25) is 0 Å². The van der Waals surface area contributed by atoms with Crippen molar-refractivity contribution in [1.29, 1.82) is 0 Å². The van der Waals surface area contributed by atoms with E-state index in [4.69, 9.17) is 4.74 Å². The molecule has 3 rings (SSSR count). The largest absolute Gasteiger partial charge is 0.439 e. The molecule has 0 unspecified atom stereocenters. The molecule has 17 heavy (non-hydrogen) atoms. The molecule has 2 aliphatic heterocycles. The number of carbonyl (C=O) groups is 1. The summed E-state index contributed by atoms with van der Waals surface area (Å²) < 4.78 is 5.58. The van der Waals surface area contributed by atoms with E-state index in [2.05, 4.69) is 6.92 Å². The van der Waals surface area contributed by atoms with Crippen LogP contribution in [0, 0.1) is 0 Å². The van der Waals surface area contributed by atoms with Gasteiger partial charge in [-0.15, -0.1) is 0 Å². The maximum atomic E-state index is 11.9. The number of hydrogen-bond donors (Lipinski definition) is 0. The maximum absolute atomic E-state index is 11.9. The van der Waals surface area contributed by atoms with E-state index in [1.807, 2.05) is 35.2 Å². The first-order chi connectivity index (χ1) is 8.22. The summed E-state index contributed by atoms with van der Waals surface area (Å²) in [6.45, 7) is 2.98. The quantitative estimate of drug-likeness (QED) is 0.743. The predicted molar refractivity (Wildman–Crippen MR) is 64.6 cm³/mol. The minimum atomic E-state index is -0.156. The molecule has 0 bridgehead atoms. The van der Waals surface area contributed by atoms with E-state index in [1.54, 1.807) is 0 Å². The highest BCUT2D eigenvalue weighted by atomic mass is 16.6. The third-order valence-corrected chi connectivity index (χ3v) is 4.04. The zero-order valence-corrected chi connectivity index (χ0v) is 10.1. The Labute approximate surface area is 101 Å². The Balaban J connectivity index is 1.98. The van der Waals surface area contributed by atoms with Crippen LogP contribution in [0.25, 0.3) is 0 Å². The first kappa shape index (κ1) is 10.6. The lowest BCUT2D eigenvalue weighted by Gasteiger charge is -2.39. The Hall–Kier alpha value is -1.51. The number of amides is 1. The minimum absolute atomic E-state index is 0.114. The molecule has 0 spiro atoms. The van der Waals surface area contributed by atoms with E-state index < -0.39 is 0 Å². The second-order valence-corrected chi connectivity index (χ2v) is 5.14. The zero-order valence-electron chi connectivity index (χ0n) is 10.1. The number of ether oxygens (including phenoxy) is 1. The molecular formula is C14H17NO2. The highest BCUT2D eigenvalue weighted by Crippen LogP contribution is 2.46. The van der Waals surface area contributed by atoms with Gasteiger partial charge in [0.15, 0.2) is 6.10 Å². The lowest BCUT2D eigenvalue weighted by molar-refractivity contribution is 0.0830. The van der Waals surface area contributed by atoms with Gasteiger partial charge >= 0.3 is 6.09 Å². The van der Waals surface area contributed by atoms with Gasteiger partial charge in [-0.2, -0.15) is 0 Å². The molecule has 1 amide bonds. The van der Waals surface area contributed by atoms with Crippen LogP contribution in [-0.2, 0) is 4.74 Å². The van der Waals surface area contributed by atoms with Crippen molar-refractivity contribution in [3.05, 3.63) is 35.9 Å². The number of hydrogen-bond acceptors (Lipinski definition) is 2. The lowest BCUT2D eigenvalue weighted by atomic mass is 9.82. The summed E-state index contributed by atoms with van der Waals surface area (Å²) in [4.78, 5) is 13.8. The topological polar surface area (TPSA) is 29.5 Å². The summed E-state index contributed by atoms with van der Waals surface area (Å²) in [5.41, 5.74) is 0.948. The molecule has 2 saturated heterocycles. The van der Waals surface area contributed by atoms with Crippen molar-refractivity contribution in [1.82, 2.24) is 4.90 Å². The molecule has 2 atom stereocenters. The molecule has 2 heterocycles. The summed E-state index contributed by atoms with van der Waals surface area (Å²) in [7, 11) is 0. The van der Waals surface area contributed by atoms with Gasteiger partial charge in [-0.25, -0.2) is 4.79 Å². The van der Waals surface area contributed by atoms with Crippen molar-refractivity contribution in [3.8, 4) is 0 Å². The number of rotatable bonds is 1. The van der Waals surface area contributed by atoms with E-state index in [-0.39, 0.29) is 17.7 Å². The van der Waals surface area contributed by atoms with Gasteiger partial charge in [0.2, 0.25) is 0 Å². The summed E-state index contributed by atoms with van der Waals surface area (Å²) >= 11 is 0. The molecule has 3 nitrogen and oxygen atoms in total. The molecule has 0 radical (unpaired) electrons. The Morgan fingerprint density at radius 1 is 1.29 bits per heavy atom. The van der Waals surface area contributed by atoms with Crippen molar-refractivity contribution >= 4 is 6.09 Å². The Kier molecular flexibility index (Phi) is 2.35. The van der Waals surface area contributed by atoms with Crippen LogP contribution in [-0.4, -0.2) is 23.1 Å². The van der Waals surface area contributed by atoms with Crippen LogP contribution in [0.1, 0.15) is 37.9 Å². The lowest BCUT2D eigenvalue weighted by Crippen LogP contribution is -2.48. The number of nitrogens with zero attached hydrogens (tertiary/aromatic N) is 1. The standard InChI is InChI=1S/C14H17NO2/c1-14-9-5-6-10-15(14)13(16)17-12(14)11-7-3-2-4-8-11/h2-4,7-8,12H,5-6,9-10H2,1H3/t12-,14+/m1/s1. The van der Waals surface area contributed by atoms with Crippen molar-refractivity contribution in [3.63, 3.8) is 0 Å². The number of benzene rings is 1. The number of piperidine rings is 1. The third-order valence-electron chi connectivity index (χ3n) is 4.04. The summed E-state index contributed by atoms with van der Waals surface area (Å²) in [6, 6.07) is 10.1. The number of carbonyl (C=O) groups excluding carboxylic acids is 1. The van der Waals surface area contributed by atoms with Gasteiger partial charge in [-0.05, 0) is 31.7 Å². The van der Waals surface area contributed by atoms with E-state index in [0.29, 0.717) is 0 Å². The van der Waals surface area contributed by atoms with Gasteiger partial charge < -0.3 is 4.74 Å². The second kappa shape index (κ2) is 3.76. The van der Waals surface area contributed by atoms with Crippen molar-refractivity contribution < 1.29 is 9.53 Å². The molecule has 2 aliphatic rings. The van der Waals surface area contributed by atoms with Gasteiger partial charge in [0, 0.05) is 6.54 Å².